The number of hydrogen-bond acceptors (Lipinski definition) is 3. The predicted molar refractivity (Wildman–Crippen MR) is 64.5 cm³/mol. The summed E-state index contributed by atoms with van der Waals surface area (Å²) in [6, 6.07) is 0.399. The number of rotatable bonds is 6. The van der Waals surface area contributed by atoms with Gasteiger partial charge in [0.05, 0.1) is 5.75 Å². The number of carboxylic acid groups (broad SMARTS) is 1. The molecule has 5 heteroatoms. The van der Waals surface area contributed by atoms with Crippen LogP contribution in [0.15, 0.2) is 0 Å². The third-order valence-electron chi connectivity index (χ3n) is 2.72. The summed E-state index contributed by atoms with van der Waals surface area (Å²) in [6.07, 6.45) is 2.17. The van der Waals surface area contributed by atoms with Gasteiger partial charge in [-0.3, -0.25) is 9.59 Å². The number of carbonyl (C=O) groups excluding carboxylic acids is 1. The summed E-state index contributed by atoms with van der Waals surface area (Å²) in [6.45, 7) is 3.72. The standard InChI is InChI=1S/C11H19NO3S/c1-7(2)10(11(14)15)16-6-9(13)12(3)8-4-5-8/h7-8,10H,4-6H2,1-3H3,(H,14,15). The summed E-state index contributed by atoms with van der Waals surface area (Å²) in [5.74, 6) is -0.481. The van der Waals surface area contributed by atoms with Crippen molar-refractivity contribution in [1.29, 1.82) is 0 Å². The van der Waals surface area contributed by atoms with Gasteiger partial charge in [-0.2, -0.15) is 0 Å². The van der Waals surface area contributed by atoms with E-state index in [9.17, 15) is 9.59 Å². The molecule has 16 heavy (non-hydrogen) atoms. The summed E-state index contributed by atoms with van der Waals surface area (Å²) in [4.78, 5) is 24.4. The molecule has 1 N–H and O–H groups in total. The second kappa shape index (κ2) is 5.57. The normalized spacial score (nSPS) is 17.2. The molecule has 1 amide bonds. The van der Waals surface area contributed by atoms with Crippen molar-refractivity contribution in [3.05, 3.63) is 0 Å². The Hall–Kier alpha value is -0.710. The van der Waals surface area contributed by atoms with Crippen LogP contribution in [0.1, 0.15) is 26.7 Å². The maximum absolute atomic E-state index is 11.7. The Labute approximate surface area is 100 Å². The minimum atomic E-state index is -0.832. The Morgan fingerprint density at radius 3 is 2.38 bits per heavy atom. The molecule has 1 aliphatic rings. The molecule has 0 aromatic carbocycles. The van der Waals surface area contributed by atoms with E-state index in [1.54, 1.807) is 11.9 Å². The third kappa shape index (κ3) is 3.70. The zero-order valence-electron chi connectivity index (χ0n) is 9.97. The first-order chi connectivity index (χ1) is 7.43. The topological polar surface area (TPSA) is 57.6 Å². The van der Waals surface area contributed by atoms with Crippen LogP contribution in [0.4, 0.5) is 0 Å². The van der Waals surface area contributed by atoms with Gasteiger partial charge in [-0.1, -0.05) is 13.8 Å². The zero-order chi connectivity index (χ0) is 12.3. The Morgan fingerprint density at radius 1 is 1.44 bits per heavy atom. The molecule has 1 aliphatic carbocycles. The second-order valence-corrected chi connectivity index (χ2v) is 5.68. The van der Waals surface area contributed by atoms with Crippen LogP contribution in [-0.2, 0) is 9.59 Å². The van der Waals surface area contributed by atoms with E-state index in [4.69, 9.17) is 5.11 Å². The molecule has 1 rings (SSSR count). The second-order valence-electron chi connectivity index (χ2n) is 4.55. The van der Waals surface area contributed by atoms with Crippen molar-refractivity contribution < 1.29 is 14.7 Å². The molecule has 1 fully saturated rings. The molecule has 0 radical (unpaired) electrons. The molecule has 0 saturated heterocycles. The largest absolute Gasteiger partial charge is 0.480 e. The van der Waals surface area contributed by atoms with Gasteiger partial charge in [-0.25, -0.2) is 0 Å². The number of carbonyl (C=O) groups is 2. The summed E-state index contributed by atoms with van der Waals surface area (Å²) in [5.41, 5.74) is 0. The van der Waals surface area contributed by atoms with Crippen LogP contribution in [0.5, 0.6) is 0 Å². The zero-order valence-corrected chi connectivity index (χ0v) is 10.8. The van der Waals surface area contributed by atoms with Gasteiger partial charge in [0.15, 0.2) is 0 Å². The smallest absolute Gasteiger partial charge is 0.316 e. The number of hydrogen-bond donors (Lipinski definition) is 1. The van der Waals surface area contributed by atoms with Crippen LogP contribution in [0.3, 0.4) is 0 Å². The van der Waals surface area contributed by atoms with E-state index in [1.165, 1.54) is 11.8 Å². The van der Waals surface area contributed by atoms with Gasteiger partial charge in [0.2, 0.25) is 5.91 Å². The Bertz CT molecular complexity index is 276. The molecule has 1 atom stereocenters. The number of aliphatic carboxylic acids is 1. The van der Waals surface area contributed by atoms with E-state index in [2.05, 4.69) is 0 Å². The molecular weight excluding hydrogens is 226 g/mol. The lowest BCUT2D eigenvalue weighted by atomic mass is 10.1. The Balaban J connectivity index is 2.36. The Morgan fingerprint density at radius 2 is 2.00 bits per heavy atom. The van der Waals surface area contributed by atoms with Crippen LogP contribution in [0, 0.1) is 5.92 Å². The molecular formula is C11H19NO3S. The fraction of sp³-hybridized carbons (Fsp3) is 0.818. The number of amides is 1. The van der Waals surface area contributed by atoms with Gasteiger partial charge >= 0.3 is 5.97 Å². The van der Waals surface area contributed by atoms with E-state index in [-0.39, 0.29) is 17.6 Å². The molecule has 0 aromatic heterocycles. The highest BCUT2D eigenvalue weighted by Crippen LogP contribution is 2.27. The minimum absolute atomic E-state index is 0.0411. The molecule has 0 aliphatic heterocycles. The van der Waals surface area contributed by atoms with Crippen molar-refractivity contribution >= 4 is 23.6 Å². The van der Waals surface area contributed by atoms with Crippen molar-refractivity contribution in [1.82, 2.24) is 4.90 Å². The maximum Gasteiger partial charge on any atom is 0.316 e. The first kappa shape index (κ1) is 13.4. The molecule has 0 heterocycles. The molecule has 0 bridgehead atoms. The quantitative estimate of drug-likeness (QED) is 0.769. The van der Waals surface area contributed by atoms with E-state index < -0.39 is 11.2 Å². The highest BCUT2D eigenvalue weighted by molar-refractivity contribution is 8.01. The van der Waals surface area contributed by atoms with Crippen LogP contribution in [0.25, 0.3) is 0 Å². The van der Waals surface area contributed by atoms with E-state index >= 15 is 0 Å². The van der Waals surface area contributed by atoms with Crippen molar-refractivity contribution in [2.24, 2.45) is 5.92 Å². The average Bonchev–Trinajstić information content (AvgIpc) is 2.98. The van der Waals surface area contributed by atoms with Crippen molar-refractivity contribution in [2.75, 3.05) is 12.8 Å². The highest BCUT2D eigenvalue weighted by atomic mass is 32.2. The van der Waals surface area contributed by atoms with Crippen molar-refractivity contribution in [3.8, 4) is 0 Å². The van der Waals surface area contributed by atoms with Gasteiger partial charge in [0, 0.05) is 13.1 Å². The minimum Gasteiger partial charge on any atom is -0.480 e. The maximum atomic E-state index is 11.7. The molecule has 0 spiro atoms. The van der Waals surface area contributed by atoms with E-state index in [1.807, 2.05) is 13.8 Å². The van der Waals surface area contributed by atoms with E-state index in [0.717, 1.165) is 12.8 Å². The van der Waals surface area contributed by atoms with Gasteiger partial charge in [0.25, 0.3) is 0 Å². The highest BCUT2D eigenvalue weighted by Gasteiger charge is 2.30. The summed E-state index contributed by atoms with van der Waals surface area (Å²) < 4.78 is 0. The lowest BCUT2D eigenvalue weighted by Crippen LogP contribution is -2.32. The fourth-order valence-electron chi connectivity index (χ4n) is 1.48. The number of nitrogens with zero attached hydrogens (tertiary/aromatic N) is 1. The van der Waals surface area contributed by atoms with Crippen LogP contribution in [0.2, 0.25) is 0 Å². The first-order valence-corrected chi connectivity index (χ1v) is 6.58. The third-order valence-corrected chi connectivity index (χ3v) is 4.24. The molecule has 4 nitrogen and oxygen atoms in total. The summed E-state index contributed by atoms with van der Waals surface area (Å²) in [7, 11) is 1.80. The van der Waals surface area contributed by atoms with Crippen molar-refractivity contribution in [2.45, 2.75) is 38.0 Å². The molecule has 0 aromatic rings. The average molecular weight is 245 g/mol. The SMILES string of the molecule is CC(C)C(SCC(=O)N(C)C1CC1)C(=O)O. The van der Waals surface area contributed by atoms with Gasteiger partial charge in [-0.05, 0) is 18.8 Å². The van der Waals surface area contributed by atoms with Crippen LogP contribution in [-0.4, -0.2) is 46.0 Å². The van der Waals surface area contributed by atoms with Gasteiger partial charge in [-0.15, -0.1) is 11.8 Å². The molecule has 1 saturated carbocycles. The van der Waals surface area contributed by atoms with Crippen LogP contribution < -0.4 is 0 Å². The van der Waals surface area contributed by atoms with Crippen molar-refractivity contribution in [3.63, 3.8) is 0 Å². The lowest BCUT2D eigenvalue weighted by Gasteiger charge is -2.19. The summed E-state index contributed by atoms with van der Waals surface area (Å²) >= 11 is 1.23. The lowest BCUT2D eigenvalue weighted by molar-refractivity contribution is -0.137. The molecule has 92 valence electrons. The van der Waals surface area contributed by atoms with Gasteiger partial charge < -0.3 is 10.0 Å². The van der Waals surface area contributed by atoms with Crippen LogP contribution >= 0.6 is 11.8 Å². The van der Waals surface area contributed by atoms with Gasteiger partial charge in [0.1, 0.15) is 5.25 Å². The number of carboxylic acids is 1. The number of thioether (sulfide) groups is 1. The summed E-state index contributed by atoms with van der Waals surface area (Å²) in [5, 5.41) is 8.48. The molecule has 1 unspecified atom stereocenters. The fourth-order valence-corrected chi connectivity index (χ4v) is 2.53. The monoisotopic (exact) mass is 245 g/mol. The van der Waals surface area contributed by atoms with E-state index in [0.29, 0.717) is 6.04 Å². The first-order valence-electron chi connectivity index (χ1n) is 5.53. The predicted octanol–water partition coefficient (Wildman–Crippen LogP) is 1.45. The Kier molecular flexibility index (Phi) is 4.65.